The van der Waals surface area contributed by atoms with Crippen molar-refractivity contribution in [3.05, 3.63) is 255 Å². The summed E-state index contributed by atoms with van der Waals surface area (Å²) in [5, 5.41) is 10.4. The lowest BCUT2D eigenvalue weighted by atomic mass is 9.95. The zero-order valence-corrected chi connectivity index (χ0v) is 35.6. The van der Waals surface area contributed by atoms with Gasteiger partial charge in [0.1, 0.15) is 0 Å². The lowest BCUT2D eigenvalue weighted by molar-refractivity contribution is 1.17. The molecule has 0 fully saturated rings. The van der Waals surface area contributed by atoms with Crippen LogP contribution in [0.2, 0.25) is 0 Å². The van der Waals surface area contributed by atoms with Crippen molar-refractivity contribution >= 4 is 72.4 Å². The predicted molar refractivity (Wildman–Crippen MR) is 270 cm³/mol. The van der Waals surface area contributed by atoms with Crippen molar-refractivity contribution in [2.45, 2.75) is 0 Å². The van der Waals surface area contributed by atoms with Gasteiger partial charge in [-0.05, 0) is 68.3 Å². The van der Waals surface area contributed by atoms with Crippen LogP contribution < -0.4 is 20.7 Å². The number of aromatic nitrogens is 2. The molecule has 2 aromatic heterocycles. The van der Waals surface area contributed by atoms with Gasteiger partial charge in [0.25, 0.3) is 0 Å². The molecule has 0 aliphatic carbocycles. The van der Waals surface area contributed by atoms with Crippen molar-refractivity contribution < 1.29 is 0 Å². The summed E-state index contributed by atoms with van der Waals surface area (Å²) in [5.74, 6) is 0. The molecule has 63 heavy (non-hydrogen) atoms. The first-order valence-corrected chi connectivity index (χ1v) is 23.8. The van der Waals surface area contributed by atoms with Crippen LogP contribution in [-0.4, -0.2) is 17.2 Å². The molecule has 0 atom stereocenters. The molecule has 12 rings (SSSR count). The molecule has 0 amide bonds. The second kappa shape index (κ2) is 15.2. The highest BCUT2D eigenvalue weighted by Crippen LogP contribution is 2.42. The molecule has 0 aliphatic rings. The number of para-hydroxylation sites is 3. The first-order valence-electron chi connectivity index (χ1n) is 21.8. The minimum absolute atomic E-state index is 1.14. The lowest BCUT2D eigenvalue weighted by Crippen LogP contribution is -2.74. The summed E-state index contributed by atoms with van der Waals surface area (Å²) in [6.45, 7) is 0. The van der Waals surface area contributed by atoms with Crippen molar-refractivity contribution in [1.29, 1.82) is 0 Å². The minimum atomic E-state index is -2.79. The van der Waals surface area contributed by atoms with Crippen molar-refractivity contribution in [2.75, 3.05) is 0 Å². The maximum Gasteiger partial charge on any atom is 0.179 e. The number of fused-ring (bicyclic) bond motifs is 6. The van der Waals surface area contributed by atoms with Crippen LogP contribution in [0.5, 0.6) is 0 Å². The van der Waals surface area contributed by atoms with Crippen LogP contribution in [0, 0.1) is 0 Å². The third kappa shape index (κ3) is 5.85. The van der Waals surface area contributed by atoms with Gasteiger partial charge in [0.2, 0.25) is 0 Å². The molecule has 296 valence electrons. The molecule has 0 saturated heterocycles. The van der Waals surface area contributed by atoms with E-state index in [0.717, 1.165) is 5.69 Å². The quantitative estimate of drug-likeness (QED) is 0.107. The molecule has 0 N–H and O–H groups in total. The zero-order valence-electron chi connectivity index (χ0n) is 34.6. The van der Waals surface area contributed by atoms with Crippen LogP contribution in [0.4, 0.5) is 0 Å². The molecule has 0 aliphatic heterocycles. The summed E-state index contributed by atoms with van der Waals surface area (Å²) in [6.07, 6.45) is 0. The SMILES string of the molecule is c1ccc(-c2cccc(-c3ccccc3)c2-n2c3ccccc3c3cc(-n4c5ccccc5c5ccc([Si](c6ccccc6)(c6ccccc6)c6ccccc6)cc54)ccc32)cc1. The Morgan fingerprint density at radius 2 is 0.683 bits per heavy atom. The Kier molecular flexibility index (Phi) is 8.87. The largest absolute Gasteiger partial charge is 0.309 e. The standard InChI is InChI=1S/C60H42N2Si/c1-6-21-43(22-7-1)50-33-20-34-51(44-23-8-2-9-24-44)60(50)62-57-36-19-17-32-53(57)55-41-45(37-40-58(55)62)61-56-35-18-16-31-52(56)54-39-38-49(42-59(54)61)63(46-25-10-3-11-26-46,47-27-12-4-13-28-47)48-29-14-5-15-30-48/h1-42H. The maximum absolute atomic E-state index is 2.79. The van der Waals surface area contributed by atoms with Crippen molar-refractivity contribution in [2.24, 2.45) is 0 Å². The molecule has 0 spiro atoms. The maximum atomic E-state index is 2.52. The van der Waals surface area contributed by atoms with Gasteiger partial charge in [-0.2, -0.15) is 0 Å². The average Bonchev–Trinajstić information content (AvgIpc) is 3.87. The van der Waals surface area contributed by atoms with E-state index in [1.165, 1.54) is 92.3 Å². The van der Waals surface area contributed by atoms with Crippen LogP contribution >= 0.6 is 0 Å². The van der Waals surface area contributed by atoms with E-state index >= 15 is 0 Å². The summed E-state index contributed by atoms with van der Waals surface area (Å²) < 4.78 is 5.01. The topological polar surface area (TPSA) is 9.86 Å². The Labute approximate surface area is 368 Å². The molecule has 0 bridgehead atoms. The highest BCUT2D eigenvalue weighted by Gasteiger charge is 2.41. The second-order valence-corrected chi connectivity index (χ2v) is 20.2. The molecule has 2 heterocycles. The summed E-state index contributed by atoms with van der Waals surface area (Å²) in [4.78, 5) is 0. The number of benzene rings is 10. The van der Waals surface area contributed by atoms with E-state index in [2.05, 4.69) is 264 Å². The zero-order chi connectivity index (χ0) is 41.7. The molecule has 12 aromatic rings. The number of hydrogen-bond donors (Lipinski definition) is 0. The van der Waals surface area contributed by atoms with Gasteiger partial charge in [-0.3, -0.25) is 0 Å². The van der Waals surface area contributed by atoms with E-state index < -0.39 is 8.07 Å². The Balaban J connectivity index is 1.14. The van der Waals surface area contributed by atoms with Gasteiger partial charge < -0.3 is 9.13 Å². The van der Waals surface area contributed by atoms with E-state index in [-0.39, 0.29) is 0 Å². The van der Waals surface area contributed by atoms with Gasteiger partial charge in [0, 0.05) is 38.4 Å². The fourth-order valence-corrected chi connectivity index (χ4v) is 15.1. The second-order valence-electron chi connectivity index (χ2n) is 16.4. The van der Waals surface area contributed by atoms with Crippen LogP contribution in [0.1, 0.15) is 0 Å². The Morgan fingerprint density at radius 3 is 1.22 bits per heavy atom. The Hall–Kier alpha value is -7.98. The molecule has 10 aromatic carbocycles. The highest BCUT2D eigenvalue weighted by atomic mass is 28.3. The predicted octanol–water partition coefficient (Wildman–Crippen LogP) is 12.6. The lowest BCUT2D eigenvalue weighted by Gasteiger charge is -2.34. The van der Waals surface area contributed by atoms with Crippen LogP contribution in [0.15, 0.2) is 255 Å². The smallest absolute Gasteiger partial charge is 0.179 e. The molecule has 2 nitrogen and oxygen atoms in total. The van der Waals surface area contributed by atoms with Crippen molar-refractivity contribution in [1.82, 2.24) is 9.13 Å². The molecule has 0 unspecified atom stereocenters. The van der Waals surface area contributed by atoms with Gasteiger partial charge >= 0.3 is 0 Å². The van der Waals surface area contributed by atoms with Crippen molar-refractivity contribution in [3.8, 4) is 33.6 Å². The normalized spacial score (nSPS) is 11.8. The van der Waals surface area contributed by atoms with E-state index in [0.29, 0.717) is 0 Å². The van der Waals surface area contributed by atoms with Crippen molar-refractivity contribution in [3.63, 3.8) is 0 Å². The molecule has 3 heteroatoms. The third-order valence-corrected chi connectivity index (χ3v) is 17.8. The van der Waals surface area contributed by atoms with Crippen LogP contribution in [-0.2, 0) is 0 Å². The van der Waals surface area contributed by atoms with E-state index in [4.69, 9.17) is 0 Å². The third-order valence-electron chi connectivity index (χ3n) is 13.1. The van der Waals surface area contributed by atoms with E-state index in [1.54, 1.807) is 0 Å². The van der Waals surface area contributed by atoms with Crippen LogP contribution in [0.25, 0.3) is 77.2 Å². The molecular weight excluding hydrogens is 777 g/mol. The van der Waals surface area contributed by atoms with Gasteiger partial charge in [-0.25, -0.2) is 0 Å². The van der Waals surface area contributed by atoms with Gasteiger partial charge in [0.05, 0.1) is 27.8 Å². The first kappa shape index (κ1) is 36.8. The van der Waals surface area contributed by atoms with Gasteiger partial charge in [0.15, 0.2) is 8.07 Å². The van der Waals surface area contributed by atoms with Gasteiger partial charge in [-0.15, -0.1) is 0 Å². The summed E-state index contributed by atoms with van der Waals surface area (Å²) >= 11 is 0. The molecular formula is C60H42N2Si. The monoisotopic (exact) mass is 818 g/mol. The first-order chi connectivity index (χ1) is 31.3. The number of nitrogens with zero attached hydrogens (tertiary/aromatic N) is 2. The number of hydrogen-bond acceptors (Lipinski definition) is 0. The van der Waals surface area contributed by atoms with Crippen LogP contribution in [0.3, 0.4) is 0 Å². The fraction of sp³-hybridized carbons (Fsp3) is 0. The molecule has 0 saturated carbocycles. The summed E-state index contributed by atoms with van der Waals surface area (Å²) in [5.41, 5.74) is 11.8. The number of rotatable bonds is 8. The average molecular weight is 819 g/mol. The fourth-order valence-electron chi connectivity index (χ4n) is 10.4. The molecule has 0 radical (unpaired) electrons. The Morgan fingerprint density at radius 1 is 0.254 bits per heavy atom. The minimum Gasteiger partial charge on any atom is -0.309 e. The summed E-state index contributed by atoms with van der Waals surface area (Å²) in [7, 11) is -2.79. The van der Waals surface area contributed by atoms with E-state index in [1.807, 2.05) is 0 Å². The summed E-state index contributed by atoms with van der Waals surface area (Å²) in [6, 6.07) is 94.2. The Bertz CT molecular complexity index is 3440. The van der Waals surface area contributed by atoms with E-state index in [9.17, 15) is 0 Å². The highest BCUT2D eigenvalue weighted by molar-refractivity contribution is 7.20. The van der Waals surface area contributed by atoms with Gasteiger partial charge in [-0.1, -0.05) is 218 Å².